The van der Waals surface area contributed by atoms with Gasteiger partial charge >= 0.3 is 0 Å². The van der Waals surface area contributed by atoms with E-state index >= 15 is 0 Å². The topological polar surface area (TPSA) is 67.2 Å². The first-order valence-corrected chi connectivity index (χ1v) is 12.2. The highest BCUT2D eigenvalue weighted by atomic mass is 16.2. The Kier molecular flexibility index (Phi) is 8.26. The van der Waals surface area contributed by atoms with E-state index in [1.54, 1.807) is 6.07 Å². The van der Waals surface area contributed by atoms with Crippen molar-refractivity contribution in [2.24, 2.45) is 5.92 Å². The van der Waals surface area contributed by atoms with Crippen LogP contribution < -0.4 is 10.9 Å². The number of piperidine rings is 1. The first-order chi connectivity index (χ1) is 16.6. The number of carbonyl (C=O) groups is 1. The summed E-state index contributed by atoms with van der Waals surface area (Å²) in [5, 5.41) is 7.45. The molecule has 1 aromatic heterocycles. The minimum Gasteiger partial charge on any atom is -0.355 e. The molecule has 0 bridgehead atoms. The van der Waals surface area contributed by atoms with E-state index in [9.17, 15) is 9.59 Å². The van der Waals surface area contributed by atoms with E-state index in [1.165, 1.54) is 34.7 Å². The summed E-state index contributed by atoms with van der Waals surface area (Å²) in [6.07, 6.45) is 3.80. The van der Waals surface area contributed by atoms with Crippen molar-refractivity contribution < 1.29 is 4.79 Å². The molecule has 6 heteroatoms. The van der Waals surface area contributed by atoms with Crippen LogP contribution in [0.5, 0.6) is 0 Å². The van der Waals surface area contributed by atoms with Crippen LogP contribution in [0.3, 0.4) is 0 Å². The second kappa shape index (κ2) is 11.7. The number of rotatable bonds is 9. The summed E-state index contributed by atoms with van der Waals surface area (Å²) < 4.78 is 1.38. The Labute approximate surface area is 201 Å². The Morgan fingerprint density at radius 1 is 0.971 bits per heavy atom. The van der Waals surface area contributed by atoms with E-state index in [1.807, 2.05) is 31.2 Å². The fourth-order valence-electron chi connectivity index (χ4n) is 4.50. The van der Waals surface area contributed by atoms with Crippen LogP contribution in [0.1, 0.15) is 30.4 Å². The number of amides is 1. The monoisotopic (exact) mass is 458 g/mol. The molecule has 2 aromatic carbocycles. The first kappa shape index (κ1) is 23.9. The molecule has 1 aliphatic heterocycles. The molecule has 1 aliphatic rings. The summed E-state index contributed by atoms with van der Waals surface area (Å²) in [5.41, 5.74) is 4.09. The van der Waals surface area contributed by atoms with Crippen molar-refractivity contribution in [3.05, 3.63) is 88.2 Å². The molecule has 1 amide bonds. The van der Waals surface area contributed by atoms with Gasteiger partial charge in [-0.1, -0.05) is 60.2 Å². The standard InChI is InChI=1S/C28H34N4O2/c1-22-7-9-25(10-8-22)26-11-12-28(34)32(30-26)19-15-27(33)29-16-20-31-17-13-24(14-18-31)21-23-5-3-2-4-6-23/h2-12,24H,13-21H2,1H3,(H,29,33). The largest absolute Gasteiger partial charge is 0.355 e. The zero-order valence-electron chi connectivity index (χ0n) is 20.0. The maximum atomic E-state index is 12.3. The van der Waals surface area contributed by atoms with E-state index < -0.39 is 0 Å². The van der Waals surface area contributed by atoms with Crippen molar-refractivity contribution >= 4 is 5.91 Å². The molecule has 1 N–H and O–H groups in total. The van der Waals surface area contributed by atoms with Crippen LogP contribution in [0.4, 0.5) is 0 Å². The third-order valence-corrected chi connectivity index (χ3v) is 6.59. The number of carbonyl (C=O) groups excluding carboxylic acids is 1. The fraction of sp³-hybridized carbons (Fsp3) is 0.393. The first-order valence-electron chi connectivity index (χ1n) is 12.2. The van der Waals surface area contributed by atoms with E-state index in [2.05, 4.69) is 45.6 Å². The number of likely N-dealkylation sites (tertiary alicyclic amines) is 1. The van der Waals surface area contributed by atoms with Crippen LogP contribution in [0.15, 0.2) is 71.5 Å². The molecule has 0 saturated carbocycles. The van der Waals surface area contributed by atoms with Crippen LogP contribution >= 0.6 is 0 Å². The van der Waals surface area contributed by atoms with Gasteiger partial charge in [-0.2, -0.15) is 5.10 Å². The second-order valence-electron chi connectivity index (χ2n) is 9.22. The van der Waals surface area contributed by atoms with E-state index in [4.69, 9.17) is 0 Å². The predicted molar refractivity (Wildman–Crippen MR) is 136 cm³/mol. The van der Waals surface area contributed by atoms with Gasteiger partial charge in [-0.3, -0.25) is 9.59 Å². The Balaban J connectivity index is 1.17. The maximum absolute atomic E-state index is 12.3. The molecule has 3 aromatic rings. The number of nitrogens with zero attached hydrogens (tertiary/aromatic N) is 3. The molecule has 0 atom stereocenters. The third-order valence-electron chi connectivity index (χ3n) is 6.59. The van der Waals surface area contributed by atoms with Gasteiger partial charge in [-0.15, -0.1) is 0 Å². The van der Waals surface area contributed by atoms with Crippen LogP contribution in [-0.2, 0) is 17.8 Å². The summed E-state index contributed by atoms with van der Waals surface area (Å²) in [6, 6.07) is 22.0. The van der Waals surface area contributed by atoms with Crippen molar-refractivity contribution in [1.29, 1.82) is 0 Å². The van der Waals surface area contributed by atoms with Crippen LogP contribution in [-0.4, -0.2) is 46.8 Å². The van der Waals surface area contributed by atoms with Gasteiger partial charge in [0.1, 0.15) is 0 Å². The van der Waals surface area contributed by atoms with Gasteiger partial charge < -0.3 is 10.2 Å². The summed E-state index contributed by atoms with van der Waals surface area (Å²) in [4.78, 5) is 27.0. The van der Waals surface area contributed by atoms with Gasteiger partial charge in [0.05, 0.1) is 12.2 Å². The highest BCUT2D eigenvalue weighted by Crippen LogP contribution is 2.21. The quantitative estimate of drug-likeness (QED) is 0.531. The molecule has 0 aliphatic carbocycles. The summed E-state index contributed by atoms with van der Waals surface area (Å²) >= 11 is 0. The zero-order valence-corrected chi connectivity index (χ0v) is 20.0. The number of benzene rings is 2. The Bertz CT molecular complexity index is 1120. The van der Waals surface area contributed by atoms with Crippen LogP contribution in [0.25, 0.3) is 11.3 Å². The van der Waals surface area contributed by atoms with Gasteiger partial charge in [0.2, 0.25) is 5.91 Å². The number of nitrogens with one attached hydrogen (secondary N) is 1. The minimum atomic E-state index is -0.193. The summed E-state index contributed by atoms with van der Waals surface area (Å²) in [6.45, 7) is 5.97. The average molecular weight is 459 g/mol. The van der Waals surface area contributed by atoms with E-state index in [0.717, 1.165) is 43.2 Å². The normalized spacial score (nSPS) is 14.7. The molecular formula is C28H34N4O2. The molecule has 0 radical (unpaired) electrons. The lowest BCUT2D eigenvalue weighted by atomic mass is 9.90. The Morgan fingerprint density at radius 2 is 1.71 bits per heavy atom. The molecule has 4 rings (SSSR count). The molecule has 34 heavy (non-hydrogen) atoms. The number of hydrogen-bond donors (Lipinski definition) is 1. The smallest absolute Gasteiger partial charge is 0.266 e. The van der Waals surface area contributed by atoms with Crippen molar-refractivity contribution in [1.82, 2.24) is 20.0 Å². The fourth-order valence-corrected chi connectivity index (χ4v) is 4.50. The highest BCUT2D eigenvalue weighted by Gasteiger charge is 2.19. The van der Waals surface area contributed by atoms with Crippen molar-refractivity contribution in [3.8, 4) is 11.3 Å². The molecule has 0 spiro atoms. The van der Waals surface area contributed by atoms with E-state index in [-0.39, 0.29) is 24.4 Å². The molecule has 0 unspecified atom stereocenters. The summed E-state index contributed by atoms with van der Waals surface area (Å²) in [7, 11) is 0. The van der Waals surface area contributed by atoms with Gasteiger partial charge in [0, 0.05) is 31.1 Å². The highest BCUT2D eigenvalue weighted by molar-refractivity contribution is 5.75. The minimum absolute atomic E-state index is 0.0478. The lowest BCUT2D eigenvalue weighted by Gasteiger charge is -2.32. The Hall–Kier alpha value is -3.25. The molecule has 6 nitrogen and oxygen atoms in total. The predicted octanol–water partition coefficient (Wildman–Crippen LogP) is 3.68. The second-order valence-corrected chi connectivity index (χ2v) is 9.22. The Morgan fingerprint density at radius 3 is 2.44 bits per heavy atom. The zero-order chi connectivity index (χ0) is 23.8. The SMILES string of the molecule is Cc1ccc(-c2ccc(=O)n(CCC(=O)NCCN3CCC(Cc4ccccc4)CC3)n2)cc1. The van der Waals surface area contributed by atoms with Crippen molar-refractivity contribution in [3.63, 3.8) is 0 Å². The lowest BCUT2D eigenvalue weighted by molar-refractivity contribution is -0.121. The molecule has 1 fully saturated rings. The van der Waals surface area contributed by atoms with Gasteiger partial charge in [-0.25, -0.2) is 4.68 Å². The number of aromatic nitrogens is 2. The molecular weight excluding hydrogens is 424 g/mol. The molecule has 178 valence electrons. The number of hydrogen-bond acceptors (Lipinski definition) is 4. The number of aryl methyl sites for hydroxylation is 2. The van der Waals surface area contributed by atoms with E-state index in [0.29, 0.717) is 6.54 Å². The lowest BCUT2D eigenvalue weighted by Crippen LogP contribution is -2.40. The van der Waals surface area contributed by atoms with Gasteiger partial charge in [0.25, 0.3) is 5.56 Å². The molecule has 1 saturated heterocycles. The summed E-state index contributed by atoms with van der Waals surface area (Å²) in [5.74, 6) is 0.697. The van der Waals surface area contributed by atoms with Gasteiger partial charge in [0.15, 0.2) is 0 Å². The third kappa shape index (κ3) is 6.87. The molecule has 2 heterocycles. The maximum Gasteiger partial charge on any atom is 0.266 e. The average Bonchev–Trinajstić information content (AvgIpc) is 2.86. The van der Waals surface area contributed by atoms with Gasteiger partial charge in [-0.05, 0) is 56.8 Å². The van der Waals surface area contributed by atoms with Crippen molar-refractivity contribution in [2.45, 2.75) is 39.2 Å². The van der Waals surface area contributed by atoms with Crippen LogP contribution in [0.2, 0.25) is 0 Å². The van der Waals surface area contributed by atoms with Crippen LogP contribution in [0, 0.1) is 12.8 Å². The van der Waals surface area contributed by atoms with Crippen molar-refractivity contribution in [2.75, 3.05) is 26.2 Å².